The predicted molar refractivity (Wildman–Crippen MR) is 102 cm³/mol. The van der Waals surface area contributed by atoms with E-state index in [1.807, 2.05) is 12.1 Å². The highest BCUT2D eigenvalue weighted by Gasteiger charge is 2.17. The number of nitrogens with zero attached hydrogens (tertiary/aromatic N) is 3. The normalized spacial score (nSPS) is 13.7. The molecule has 2 aromatic rings. The number of anilines is 1. The van der Waals surface area contributed by atoms with E-state index in [0.29, 0.717) is 50.2 Å². The largest absolute Gasteiger partial charge is 0.378 e. The van der Waals surface area contributed by atoms with E-state index < -0.39 is 0 Å². The summed E-state index contributed by atoms with van der Waals surface area (Å²) < 4.78 is 5.21. The highest BCUT2D eigenvalue weighted by Crippen LogP contribution is 2.18. The van der Waals surface area contributed by atoms with Crippen LogP contribution < -0.4 is 11.1 Å². The van der Waals surface area contributed by atoms with Gasteiger partial charge in [0.15, 0.2) is 5.82 Å². The first-order valence-corrected chi connectivity index (χ1v) is 8.53. The van der Waals surface area contributed by atoms with Gasteiger partial charge in [0, 0.05) is 37.2 Å². The Morgan fingerprint density at radius 2 is 1.89 bits per heavy atom. The highest BCUT2D eigenvalue weighted by molar-refractivity contribution is 5.93. The molecular formula is C17H23ClN6O3. The minimum atomic E-state index is -0.192. The van der Waals surface area contributed by atoms with Gasteiger partial charge in [-0.15, -0.1) is 12.4 Å². The molecular weight excluding hydrogens is 372 g/mol. The van der Waals surface area contributed by atoms with Crippen molar-refractivity contribution in [1.82, 2.24) is 20.1 Å². The van der Waals surface area contributed by atoms with E-state index in [1.54, 1.807) is 17.0 Å². The zero-order valence-corrected chi connectivity index (χ0v) is 15.6. The van der Waals surface area contributed by atoms with Gasteiger partial charge in [-0.2, -0.15) is 5.10 Å². The van der Waals surface area contributed by atoms with Crippen LogP contribution in [-0.4, -0.2) is 58.2 Å². The molecule has 1 aromatic carbocycles. The van der Waals surface area contributed by atoms with Gasteiger partial charge in [0.25, 0.3) is 0 Å². The van der Waals surface area contributed by atoms with Crippen molar-refractivity contribution in [2.75, 3.05) is 31.6 Å². The number of halogens is 1. The minimum absolute atomic E-state index is 0. The molecule has 1 aliphatic heterocycles. The second-order valence-electron chi connectivity index (χ2n) is 5.93. The molecule has 0 spiro atoms. The molecule has 2 amide bonds. The first kappa shape index (κ1) is 20.8. The number of amides is 2. The van der Waals surface area contributed by atoms with Crippen molar-refractivity contribution in [3.8, 4) is 11.4 Å². The number of ether oxygens (including phenoxy) is 1. The third-order valence-electron chi connectivity index (χ3n) is 4.08. The van der Waals surface area contributed by atoms with Gasteiger partial charge in [0.05, 0.1) is 19.8 Å². The molecule has 3 rings (SSSR count). The number of hydrogen-bond donors (Lipinski definition) is 3. The van der Waals surface area contributed by atoms with Crippen LogP contribution in [0.1, 0.15) is 18.7 Å². The third kappa shape index (κ3) is 5.75. The van der Waals surface area contributed by atoms with Crippen molar-refractivity contribution in [3.63, 3.8) is 0 Å². The number of carbonyl (C=O) groups excluding carboxylic acids is 2. The lowest BCUT2D eigenvalue weighted by atomic mass is 10.2. The van der Waals surface area contributed by atoms with Crippen LogP contribution in [0.5, 0.6) is 0 Å². The number of rotatable bonds is 6. The molecule has 1 saturated heterocycles. The zero-order valence-electron chi connectivity index (χ0n) is 14.8. The van der Waals surface area contributed by atoms with Crippen LogP contribution in [0.15, 0.2) is 24.3 Å². The highest BCUT2D eigenvalue weighted by atomic mass is 35.5. The number of hydrogen-bond acceptors (Lipinski definition) is 6. The summed E-state index contributed by atoms with van der Waals surface area (Å²) in [4.78, 5) is 30.1. The molecule has 0 aliphatic carbocycles. The number of nitrogens with two attached hydrogens (primary N) is 1. The summed E-state index contributed by atoms with van der Waals surface area (Å²) in [5, 5.41) is 9.63. The molecule has 0 saturated carbocycles. The quantitative estimate of drug-likeness (QED) is 0.669. The Morgan fingerprint density at radius 3 is 2.52 bits per heavy atom. The summed E-state index contributed by atoms with van der Waals surface area (Å²) in [5.41, 5.74) is 6.98. The fraction of sp³-hybridized carbons (Fsp3) is 0.412. The van der Waals surface area contributed by atoms with Gasteiger partial charge >= 0.3 is 0 Å². The number of morpholine rings is 1. The Kier molecular flexibility index (Phi) is 7.71. The Labute approximate surface area is 163 Å². The maximum absolute atomic E-state index is 12.0. The van der Waals surface area contributed by atoms with Crippen molar-refractivity contribution < 1.29 is 14.3 Å². The molecule has 0 atom stereocenters. The lowest BCUT2D eigenvalue weighted by molar-refractivity contribution is -0.136. The van der Waals surface area contributed by atoms with E-state index >= 15 is 0 Å². The molecule has 0 bridgehead atoms. The maximum atomic E-state index is 12.0. The van der Waals surface area contributed by atoms with Crippen molar-refractivity contribution in [2.24, 2.45) is 5.73 Å². The first-order chi connectivity index (χ1) is 12.7. The van der Waals surface area contributed by atoms with Gasteiger partial charge in [-0.25, -0.2) is 4.98 Å². The van der Waals surface area contributed by atoms with Gasteiger partial charge in [-0.1, -0.05) is 0 Å². The molecule has 9 nitrogen and oxygen atoms in total. The fourth-order valence-corrected chi connectivity index (χ4v) is 2.63. The molecule has 1 aliphatic rings. The maximum Gasteiger partial charge on any atom is 0.224 e. The Balaban J connectivity index is 0.00000261. The molecule has 10 heteroatoms. The molecule has 27 heavy (non-hydrogen) atoms. The number of benzene rings is 1. The van der Waals surface area contributed by atoms with Crippen LogP contribution in [0.25, 0.3) is 11.4 Å². The van der Waals surface area contributed by atoms with E-state index in [1.165, 1.54) is 0 Å². The summed E-state index contributed by atoms with van der Waals surface area (Å²) in [6, 6.07) is 7.18. The molecule has 146 valence electrons. The summed E-state index contributed by atoms with van der Waals surface area (Å²) in [7, 11) is 0. The van der Waals surface area contributed by atoms with Gasteiger partial charge in [0.1, 0.15) is 5.82 Å². The topological polar surface area (TPSA) is 126 Å². The zero-order chi connectivity index (χ0) is 18.4. The lowest BCUT2D eigenvalue weighted by Gasteiger charge is -2.26. The Bertz CT molecular complexity index is 758. The predicted octanol–water partition coefficient (Wildman–Crippen LogP) is 0.930. The third-order valence-corrected chi connectivity index (χ3v) is 4.08. The molecule has 4 N–H and O–H groups in total. The molecule has 0 unspecified atom stereocenters. The average Bonchev–Trinajstić information content (AvgIpc) is 3.16. The molecule has 2 heterocycles. The molecule has 1 aromatic heterocycles. The number of nitrogens with one attached hydrogen (secondary N) is 2. The lowest BCUT2D eigenvalue weighted by Crippen LogP contribution is -2.40. The summed E-state index contributed by atoms with van der Waals surface area (Å²) in [6.45, 7) is 2.60. The summed E-state index contributed by atoms with van der Waals surface area (Å²) in [5.74, 6) is 0.962. The van der Waals surface area contributed by atoms with E-state index in [2.05, 4.69) is 20.5 Å². The van der Waals surface area contributed by atoms with Gasteiger partial charge in [-0.3, -0.25) is 14.7 Å². The molecule has 0 radical (unpaired) electrons. The number of H-pyrrole nitrogens is 1. The van der Waals surface area contributed by atoms with Crippen LogP contribution in [0.3, 0.4) is 0 Å². The standard InChI is InChI=1S/C17H22N6O3.ClH/c18-11-14-20-17(22-21-14)12-1-3-13(4-2-12)19-15(24)5-6-16(25)23-7-9-26-10-8-23;/h1-4H,5-11,18H2,(H,19,24)(H,20,21,22);1H. The Morgan fingerprint density at radius 1 is 1.19 bits per heavy atom. The number of carbonyl (C=O) groups is 2. The van der Waals surface area contributed by atoms with Crippen molar-refractivity contribution >= 4 is 29.9 Å². The number of aromatic nitrogens is 3. The first-order valence-electron chi connectivity index (χ1n) is 8.53. The van der Waals surface area contributed by atoms with Gasteiger partial charge in [-0.05, 0) is 24.3 Å². The van der Waals surface area contributed by atoms with Crippen LogP contribution in [-0.2, 0) is 20.9 Å². The van der Waals surface area contributed by atoms with Gasteiger partial charge < -0.3 is 20.7 Å². The second-order valence-corrected chi connectivity index (χ2v) is 5.93. The smallest absolute Gasteiger partial charge is 0.224 e. The summed E-state index contributed by atoms with van der Waals surface area (Å²) in [6.07, 6.45) is 0.349. The Hall–Kier alpha value is -2.49. The van der Waals surface area contributed by atoms with E-state index in [-0.39, 0.29) is 37.1 Å². The van der Waals surface area contributed by atoms with E-state index in [0.717, 1.165) is 5.56 Å². The second kappa shape index (κ2) is 10.0. The average molecular weight is 395 g/mol. The van der Waals surface area contributed by atoms with Crippen LogP contribution in [0.4, 0.5) is 5.69 Å². The van der Waals surface area contributed by atoms with E-state index in [9.17, 15) is 9.59 Å². The fourth-order valence-electron chi connectivity index (χ4n) is 2.63. The van der Waals surface area contributed by atoms with E-state index in [4.69, 9.17) is 10.5 Å². The van der Waals surface area contributed by atoms with Crippen LogP contribution in [0, 0.1) is 0 Å². The van der Waals surface area contributed by atoms with Crippen molar-refractivity contribution in [2.45, 2.75) is 19.4 Å². The van der Waals surface area contributed by atoms with Crippen LogP contribution >= 0.6 is 12.4 Å². The number of aromatic amines is 1. The minimum Gasteiger partial charge on any atom is -0.378 e. The summed E-state index contributed by atoms with van der Waals surface area (Å²) >= 11 is 0. The van der Waals surface area contributed by atoms with Crippen LogP contribution in [0.2, 0.25) is 0 Å². The van der Waals surface area contributed by atoms with Crippen molar-refractivity contribution in [1.29, 1.82) is 0 Å². The monoisotopic (exact) mass is 394 g/mol. The van der Waals surface area contributed by atoms with Gasteiger partial charge in [0.2, 0.25) is 11.8 Å². The van der Waals surface area contributed by atoms with Crippen molar-refractivity contribution in [3.05, 3.63) is 30.1 Å². The SMILES string of the molecule is Cl.NCc1nc(-c2ccc(NC(=O)CCC(=O)N3CCOCC3)cc2)n[nH]1. The molecule has 1 fully saturated rings.